The van der Waals surface area contributed by atoms with Crippen LogP contribution in [0.1, 0.15) is 11.1 Å². The zero-order valence-electron chi connectivity index (χ0n) is 10.2. The molecule has 96 valence electrons. The first-order valence-electron chi connectivity index (χ1n) is 5.77. The second kappa shape index (κ2) is 5.98. The molecule has 0 saturated carbocycles. The van der Waals surface area contributed by atoms with Gasteiger partial charge in [-0.15, -0.1) is 0 Å². The van der Waals surface area contributed by atoms with Crippen molar-refractivity contribution < 1.29 is 4.39 Å². The number of aromatic nitrogens is 2. The van der Waals surface area contributed by atoms with Crippen LogP contribution in [0.25, 0.3) is 0 Å². The summed E-state index contributed by atoms with van der Waals surface area (Å²) in [5.74, 6) is -0.306. The number of halogens is 2. The molecule has 0 aliphatic carbocycles. The van der Waals surface area contributed by atoms with Gasteiger partial charge in [-0.25, -0.2) is 4.39 Å². The molecule has 2 aromatic rings. The van der Waals surface area contributed by atoms with E-state index in [-0.39, 0.29) is 5.82 Å². The van der Waals surface area contributed by atoms with Crippen molar-refractivity contribution in [2.45, 2.75) is 13.0 Å². The lowest BCUT2D eigenvalue weighted by Crippen LogP contribution is -2.16. The van der Waals surface area contributed by atoms with E-state index in [4.69, 9.17) is 11.6 Å². The van der Waals surface area contributed by atoms with E-state index in [2.05, 4.69) is 10.4 Å². The lowest BCUT2D eigenvalue weighted by atomic mass is 10.2. The Morgan fingerprint density at radius 2 is 2.28 bits per heavy atom. The Balaban J connectivity index is 1.78. The maximum Gasteiger partial charge on any atom is 0.124 e. The van der Waals surface area contributed by atoms with Crippen molar-refractivity contribution in [1.82, 2.24) is 15.1 Å². The normalized spacial score (nSPS) is 10.8. The monoisotopic (exact) mass is 267 g/mol. The summed E-state index contributed by atoms with van der Waals surface area (Å²) in [5.41, 5.74) is 2.10. The zero-order chi connectivity index (χ0) is 13.0. The van der Waals surface area contributed by atoms with Crippen molar-refractivity contribution >= 4 is 11.6 Å². The third-order valence-corrected chi connectivity index (χ3v) is 3.03. The molecule has 1 N–H and O–H groups in total. The van der Waals surface area contributed by atoms with E-state index in [0.29, 0.717) is 11.6 Å². The van der Waals surface area contributed by atoms with E-state index in [1.54, 1.807) is 10.7 Å². The van der Waals surface area contributed by atoms with Gasteiger partial charge < -0.3 is 5.32 Å². The lowest BCUT2D eigenvalue weighted by Gasteiger charge is -2.06. The fourth-order valence-corrected chi connectivity index (χ4v) is 1.96. The predicted octanol–water partition coefficient (Wildman–Crippen LogP) is 2.54. The van der Waals surface area contributed by atoms with Gasteiger partial charge in [-0.05, 0) is 36.2 Å². The molecule has 3 nitrogen and oxygen atoms in total. The van der Waals surface area contributed by atoms with Crippen LogP contribution in [0.2, 0.25) is 5.02 Å². The van der Waals surface area contributed by atoms with Gasteiger partial charge in [-0.3, -0.25) is 4.68 Å². The highest BCUT2D eigenvalue weighted by Gasteiger charge is 2.01. The minimum absolute atomic E-state index is 0.306. The van der Waals surface area contributed by atoms with Crippen LogP contribution in [0.5, 0.6) is 0 Å². The van der Waals surface area contributed by atoms with Crippen LogP contribution >= 0.6 is 11.6 Å². The lowest BCUT2D eigenvalue weighted by molar-refractivity contribution is 0.625. The average molecular weight is 268 g/mol. The average Bonchev–Trinajstić information content (AvgIpc) is 2.73. The highest BCUT2D eigenvalue weighted by molar-refractivity contribution is 6.31. The van der Waals surface area contributed by atoms with Crippen LogP contribution in [-0.2, 0) is 20.0 Å². The minimum Gasteiger partial charge on any atom is -0.312 e. The largest absolute Gasteiger partial charge is 0.312 e. The molecule has 18 heavy (non-hydrogen) atoms. The highest BCUT2D eigenvalue weighted by atomic mass is 35.5. The quantitative estimate of drug-likeness (QED) is 0.844. The summed E-state index contributed by atoms with van der Waals surface area (Å²) < 4.78 is 14.6. The molecule has 5 heteroatoms. The third kappa shape index (κ3) is 3.55. The van der Waals surface area contributed by atoms with Crippen LogP contribution < -0.4 is 5.32 Å². The highest BCUT2D eigenvalue weighted by Crippen LogP contribution is 2.16. The van der Waals surface area contributed by atoms with Gasteiger partial charge in [-0.2, -0.15) is 5.10 Å². The van der Waals surface area contributed by atoms with Gasteiger partial charge in [-0.1, -0.05) is 17.7 Å². The van der Waals surface area contributed by atoms with Crippen LogP contribution in [0.4, 0.5) is 4.39 Å². The van der Waals surface area contributed by atoms with Gasteiger partial charge in [0.2, 0.25) is 0 Å². The predicted molar refractivity (Wildman–Crippen MR) is 70.0 cm³/mol. The van der Waals surface area contributed by atoms with Crippen molar-refractivity contribution in [2.75, 3.05) is 6.54 Å². The Bertz CT molecular complexity index is 525. The molecule has 1 aromatic carbocycles. The van der Waals surface area contributed by atoms with E-state index in [0.717, 1.165) is 18.5 Å². The Kier molecular flexibility index (Phi) is 4.33. The molecule has 0 radical (unpaired) electrons. The number of nitrogens with zero attached hydrogens (tertiary/aromatic N) is 2. The first kappa shape index (κ1) is 13.1. The maximum atomic E-state index is 12.8. The fourth-order valence-electron chi connectivity index (χ4n) is 1.72. The molecule has 0 aliphatic heterocycles. The number of hydrogen-bond acceptors (Lipinski definition) is 2. The fraction of sp³-hybridized carbons (Fsp3) is 0.308. The standard InChI is InChI=1S/C13H15ClFN3/c1-18-9-10(7-17-18)4-5-16-8-11-2-3-12(15)6-13(11)14/h2-3,6-7,9,16H,4-5,8H2,1H3. The van der Waals surface area contributed by atoms with E-state index < -0.39 is 0 Å². The number of aryl methyl sites for hydroxylation is 1. The number of nitrogens with one attached hydrogen (secondary N) is 1. The van der Waals surface area contributed by atoms with Gasteiger partial charge in [0.25, 0.3) is 0 Å². The van der Waals surface area contributed by atoms with Gasteiger partial charge in [0.15, 0.2) is 0 Å². The molecule has 2 rings (SSSR count). The second-order valence-corrected chi connectivity index (χ2v) is 4.59. The van der Waals surface area contributed by atoms with Crippen LogP contribution in [0.15, 0.2) is 30.6 Å². The molecule has 0 aliphatic rings. The first-order chi connectivity index (χ1) is 8.65. The Morgan fingerprint density at radius 3 is 2.94 bits per heavy atom. The molecule has 0 unspecified atom stereocenters. The van der Waals surface area contributed by atoms with Gasteiger partial charge in [0.05, 0.1) is 6.20 Å². The summed E-state index contributed by atoms with van der Waals surface area (Å²) in [5, 5.41) is 7.84. The SMILES string of the molecule is Cn1cc(CCNCc2ccc(F)cc2Cl)cn1. The molecule has 0 saturated heterocycles. The smallest absolute Gasteiger partial charge is 0.124 e. The minimum atomic E-state index is -0.306. The van der Waals surface area contributed by atoms with Crippen LogP contribution in [0, 0.1) is 5.82 Å². The molecular formula is C13H15ClFN3. The van der Waals surface area contributed by atoms with Crippen LogP contribution in [-0.4, -0.2) is 16.3 Å². The molecule has 1 heterocycles. The zero-order valence-corrected chi connectivity index (χ0v) is 10.9. The second-order valence-electron chi connectivity index (χ2n) is 4.18. The first-order valence-corrected chi connectivity index (χ1v) is 6.15. The molecule has 1 aromatic heterocycles. The molecule has 0 atom stereocenters. The summed E-state index contributed by atoms with van der Waals surface area (Å²) in [6.07, 6.45) is 4.76. The Hall–Kier alpha value is -1.39. The summed E-state index contributed by atoms with van der Waals surface area (Å²) in [6, 6.07) is 4.46. The van der Waals surface area contributed by atoms with E-state index in [9.17, 15) is 4.39 Å². The number of hydrogen-bond donors (Lipinski definition) is 1. The van der Waals surface area contributed by atoms with E-state index in [1.165, 1.54) is 17.7 Å². The molecule has 0 fully saturated rings. The van der Waals surface area contributed by atoms with Crippen molar-refractivity contribution in [1.29, 1.82) is 0 Å². The third-order valence-electron chi connectivity index (χ3n) is 2.68. The molecular weight excluding hydrogens is 253 g/mol. The topological polar surface area (TPSA) is 29.9 Å². The maximum absolute atomic E-state index is 12.8. The molecule has 0 amide bonds. The van der Waals surface area contributed by atoms with Crippen molar-refractivity contribution in [3.8, 4) is 0 Å². The van der Waals surface area contributed by atoms with Crippen molar-refractivity contribution in [2.24, 2.45) is 7.05 Å². The van der Waals surface area contributed by atoms with E-state index >= 15 is 0 Å². The summed E-state index contributed by atoms with van der Waals surface area (Å²) >= 11 is 5.94. The van der Waals surface area contributed by atoms with Gasteiger partial charge in [0.1, 0.15) is 5.82 Å². The molecule has 0 bridgehead atoms. The Labute approximate surface area is 111 Å². The number of rotatable bonds is 5. The molecule has 0 spiro atoms. The van der Waals surface area contributed by atoms with Gasteiger partial charge >= 0.3 is 0 Å². The van der Waals surface area contributed by atoms with Crippen molar-refractivity contribution in [3.63, 3.8) is 0 Å². The van der Waals surface area contributed by atoms with Crippen molar-refractivity contribution in [3.05, 3.63) is 52.6 Å². The van der Waals surface area contributed by atoms with Crippen LogP contribution in [0.3, 0.4) is 0 Å². The van der Waals surface area contributed by atoms with Gasteiger partial charge in [0, 0.05) is 24.8 Å². The summed E-state index contributed by atoms with van der Waals surface area (Å²) in [7, 11) is 1.90. The summed E-state index contributed by atoms with van der Waals surface area (Å²) in [6.45, 7) is 1.47. The summed E-state index contributed by atoms with van der Waals surface area (Å²) in [4.78, 5) is 0. The van der Waals surface area contributed by atoms with E-state index in [1.807, 2.05) is 19.4 Å². The Morgan fingerprint density at radius 1 is 1.44 bits per heavy atom. The number of benzene rings is 1.